The summed E-state index contributed by atoms with van der Waals surface area (Å²) in [5.41, 5.74) is -1.18. The van der Waals surface area contributed by atoms with E-state index in [9.17, 15) is 14.4 Å². The summed E-state index contributed by atoms with van der Waals surface area (Å²) in [6, 6.07) is 1.69. The lowest BCUT2D eigenvalue weighted by Crippen LogP contribution is -2.43. The van der Waals surface area contributed by atoms with Crippen molar-refractivity contribution in [1.82, 2.24) is 9.88 Å². The second-order valence-corrected chi connectivity index (χ2v) is 12.2. The second kappa shape index (κ2) is 9.58. The SMILES string of the molecule is CC(C)(C)OC(=O)c1csc2c(Br)cc(CN(C(=O)OC(C)(C)C)C(=O)OC(C)(C)C)nc12. The highest BCUT2D eigenvalue weighted by molar-refractivity contribution is 9.10. The van der Waals surface area contributed by atoms with Gasteiger partial charge in [-0.2, -0.15) is 0 Å². The minimum absolute atomic E-state index is 0.206. The van der Waals surface area contributed by atoms with Crippen LogP contribution in [0.3, 0.4) is 0 Å². The quantitative estimate of drug-likeness (QED) is 0.315. The van der Waals surface area contributed by atoms with Crippen molar-refractivity contribution in [2.24, 2.45) is 0 Å². The van der Waals surface area contributed by atoms with Crippen LogP contribution < -0.4 is 0 Å². The first-order valence-electron chi connectivity index (χ1n) is 10.4. The highest BCUT2D eigenvalue weighted by atomic mass is 79.9. The molecule has 182 valence electrons. The number of rotatable bonds is 3. The molecule has 0 aromatic carbocycles. The molecule has 0 N–H and O–H groups in total. The molecule has 0 aliphatic carbocycles. The number of thiophene rings is 1. The number of pyridine rings is 1. The Bertz CT molecular complexity index is 1030. The fourth-order valence-corrected chi connectivity index (χ4v) is 4.19. The lowest BCUT2D eigenvalue weighted by atomic mass is 10.2. The maximum Gasteiger partial charge on any atom is 0.420 e. The maximum atomic E-state index is 12.8. The van der Waals surface area contributed by atoms with Crippen LogP contribution >= 0.6 is 27.3 Å². The summed E-state index contributed by atoms with van der Waals surface area (Å²) >= 11 is 4.84. The van der Waals surface area contributed by atoms with Crippen LogP contribution in [0.15, 0.2) is 15.9 Å². The van der Waals surface area contributed by atoms with Crippen LogP contribution in [-0.4, -0.2) is 44.8 Å². The lowest BCUT2D eigenvalue weighted by molar-refractivity contribution is -0.000872. The minimum atomic E-state index is -0.854. The van der Waals surface area contributed by atoms with Crippen LogP contribution in [0.1, 0.15) is 78.4 Å². The zero-order chi connectivity index (χ0) is 25.4. The Morgan fingerprint density at radius 1 is 0.909 bits per heavy atom. The van der Waals surface area contributed by atoms with Crippen LogP contribution in [0, 0.1) is 0 Å². The zero-order valence-electron chi connectivity index (χ0n) is 20.5. The molecule has 0 saturated heterocycles. The molecule has 0 aliphatic rings. The molecule has 0 spiro atoms. The zero-order valence-corrected chi connectivity index (χ0v) is 22.9. The predicted octanol–water partition coefficient (Wildman–Crippen LogP) is 6.69. The highest BCUT2D eigenvalue weighted by Crippen LogP contribution is 2.33. The number of nitrogens with zero attached hydrogens (tertiary/aromatic N) is 2. The van der Waals surface area contributed by atoms with Gasteiger partial charge in [-0.1, -0.05) is 0 Å². The van der Waals surface area contributed by atoms with Gasteiger partial charge in [0.25, 0.3) is 0 Å². The third-order valence-electron chi connectivity index (χ3n) is 3.70. The van der Waals surface area contributed by atoms with Crippen molar-refractivity contribution >= 4 is 55.6 Å². The molecule has 33 heavy (non-hydrogen) atoms. The van der Waals surface area contributed by atoms with Crippen LogP contribution in [0.5, 0.6) is 0 Å². The van der Waals surface area contributed by atoms with E-state index in [1.807, 2.05) is 0 Å². The van der Waals surface area contributed by atoms with E-state index in [-0.39, 0.29) is 6.54 Å². The molecular weight excluding hydrogens is 512 g/mol. The molecule has 2 amide bonds. The number of amides is 2. The summed E-state index contributed by atoms with van der Waals surface area (Å²) in [6.45, 7) is 15.4. The molecule has 0 fully saturated rings. The van der Waals surface area contributed by atoms with Crippen LogP contribution in [0.25, 0.3) is 10.2 Å². The van der Waals surface area contributed by atoms with E-state index in [1.54, 1.807) is 73.8 Å². The molecule has 2 aromatic rings. The summed E-state index contributed by atoms with van der Waals surface area (Å²) in [6.07, 6.45) is -1.71. The second-order valence-electron chi connectivity index (χ2n) is 10.5. The van der Waals surface area contributed by atoms with Crippen molar-refractivity contribution in [3.8, 4) is 0 Å². The van der Waals surface area contributed by atoms with Crippen molar-refractivity contribution in [1.29, 1.82) is 0 Å². The van der Waals surface area contributed by atoms with Gasteiger partial charge in [-0.3, -0.25) is 0 Å². The molecule has 0 unspecified atom stereocenters. The topological polar surface area (TPSA) is 95.0 Å². The van der Waals surface area contributed by atoms with Crippen molar-refractivity contribution < 1.29 is 28.6 Å². The normalized spacial score (nSPS) is 12.4. The van der Waals surface area contributed by atoms with E-state index in [0.717, 1.165) is 9.60 Å². The monoisotopic (exact) mass is 542 g/mol. The first-order chi connectivity index (χ1) is 14.9. The summed E-state index contributed by atoms with van der Waals surface area (Å²) in [7, 11) is 0. The number of hydrogen-bond acceptors (Lipinski definition) is 8. The Balaban J connectivity index is 2.46. The Labute approximate surface area is 206 Å². The van der Waals surface area contributed by atoms with Gasteiger partial charge in [-0.25, -0.2) is 24.3 Å². The van der Waals surface area contributed by atoms with Crippen LogP contribution in [0.2, 0.25) is 0 Å². The first kappa shape index (κ1) is 27.0. The van der Waals surface area contributed by atoms with E-state index in [4.69, 9.17) is 14.2 Å². The Kier molecular flexibility index (Phi) is 7.85. The van der Waals surface area contributed by atoms with Gasteiger partial charge >= 0.3 is 18.2 Å². The summed E-state index contributed by atoms with van der Waals surface area (Å²) in [5.74, 6) is -0.499. The van der Waals surface area contributed by atoms with Crippen molar-refractivity contribution in [3.63, 3.8) is 0 Å². The third kappa shape index (κ3) is 7.96. The number of hydrogen-bond donors (Lipinski definition) is 0. The van der Waals surface area contributed by atoms with Crippen LogP contribution in [-0.2, 0) is 20.8 Å². The number of esters is 1. The third-order valence-corrected chi connectivity index (χ3v) is 5.59. The van der Waals surface area contributed by atoms with Gasteiger partial charge in [-0.15, -0.1) is 11.3 Å². The summed E-state index contributed by atoms with van der Waals surface area (Å²) < 4.78 is 17.7. The molecule has 2 aromatic heterocycles. The number of carbonyl (C=O) groups excluding carboxylic acids is 3. The minimum Gasteiger partial charge on any atom is -0.456 e. The molecule has 10 heteroatoms. The average molecular weight is 543 g/mol. The summed E-state index contributed by atoms with van der Waals surface area (Å²) in [4.78, 5) is 43.7. The average Bonchev–Trinajstić information content (AvgIpc) is 2.99. The molecule has 0 saturated carbocycles. The molecule has 0 radical (unpaired) electrons. The molecule has 0 atom stereocenters. The van der Waals surface area contributed by atoms with E-state index in [0.29, 0.717) is 21.2 Å². The first-order valence-corrected chi connectivity index (χ1v) is 12.1. The number of fused-ring (bicyclic) bond motifs is 1. The maximum absolute atomic E-state index is 12.8. The van der Waals surface area contributed by atoms with Gasteiger partial charge < -0.3 is 14.2 Å². The number of halogens is 1. The van der Waals surface area contributed by atoms with Crippen molar-refractivity contribution in [2.45, 2.75) is 85.7 Å². The highest BCUT2D eigenvalue weighted by Gasteiger charge is 2.32. The van der Waals surface area contributed by atoms with Gasteiger partial charge in [0.05, 0.1) is 28.0 Å². The number of ether oxygens (including phenoxy) is 3. The molecule has 2 heterocycles. The van der Waals surface area contributed by atoms with Crippen molar-refractivity contribution in [2.75, 3.05) is 0 Å². The van der Waals surface area contributed by atoms with Crippen LogP contribution in [0.4, 0.5) is 9.59 Å². The standard InChI is InChI=1S/C23H31BrN2O6S/c1-21(2,3)30-18(27)14-12-33-17-15(24)10-13(25-16(14)17)11-26(19(28)31-22(4,5)6)20(29)32-23(7,8)9/h10,12H,11H2,1-9H3. The van der Waals surface area contributed by atoms with Gasteiger partial charge in [0.15, 0.2) is 0 Å². The molecule has 0 aliphatic heterocycles. The molecule has 0 bridgehead atoms. The van der Waals surface area contributed by atoms with Crippen molar-refractivity contribution in [3.05, 3.63) is 27.2 Å². The number of carbonyl (C=O) groups is 3. The van der Waals surface area contributed by atoms with Gasteiger partial charge in [0.1, 0.15) is 16.8 Å². The summed E-state index contributed by atoms with van der Waals surface area (Å²) in [5, 5.41) is 1.68. The number of aromatic nitrogens is 1. The Morgan fingerprint density at radius 3 is 1.85 bits per heavy atom. The Morgan fingerprint density at radius 2 is 1.39 bits per heavy atom. The van der Waals surface area contributed by atoms with E-state index in [2.05, 4.69) is 20.9 Å². The van der Waals surface area contributed by atoms with Gasteiger partial charge in [0.2, 0.25) is 0 Å². The van der Waals surface area contributed by atoms with E-state index in [1.165, 1.54) is 11.3 Å². The smallest absolute Gasteiger partial charge is 0.420 e. The lowest BCUT2D eigenvalue weighted by Gasteiger charge is -2.28. The largest absolute Gasteiger partial charge is 0.456 e. The van der Waals surface area contributed by atoms with Gasteiger partial charge in [-0.05, 0) is 84.3 Å². The Hall–Kier alpha value is -2.20. The predicted molar refractivity (Wildman–Crippen MR) is 130 cm³/mol. The van der Waals surface area contributed by atoms with E-state index < -0.39 is 35.0 Å². The van der Waals surface area contributed by atoms with E-state index >= 15 is 0 Å². The number of imide groups is 1. The van der Waals surface area contributed by atoms with Gasteiger partial charge in [0, 0.05) is 9.85 Å². The molecule has 2 rings (SSSR count). The molecular formula is C23H31BrN2O6S. The molecule has 8 nitrogen and oxygen atoms in total. The fraction of sp³-hybridized carbons (Fsp3) is 0.565. The fourth-order valence-electron chi connectivity index (χ4n) is 2.58.